The van der Waals surface area contributed by atoms with Gasteiger partial charge in [-0.2, -0.15) is 13.7 Å². The molecular weight excluding hydrogens is 306 g/mol. The van der Waals surface area contributed by atoms with Crippen LogP contribution >= 0.6 is 0 Å². The maximum absolute atomic E-state index is 11.4. The summed E-state index contributed by atoms with van der Waals surface area (Å²) in [6, 6.07) is 1.92. The van der Waals surface area contributed by atoms with Crippen LogP contribution in [-0.4, -0.2) is 49.5 Å². The topological polar surface area (TPSA) is 103 Å². The zero-order valence-electron chi connectivity index (χ0n) is 12.5. The van der Waals surface area contributed by atoms with Crippen LogP contribution in [0.4, 0.5) is 0 Å². The maximum Gasteiger partial charge on any atom is 0.291 e. The Hall–Kier alpha value is -1.56. The molecule has 2 aliphatic heterocycles. The molecular formula is C14H21N3O4S. The molecule has 7 nitrogen and oxygen atoms in total. The second kappa shape index (κ2) is 7.13. The zero-order valence-corrected chi connectivity index (χ0v) is 13.3. The van der Waals surface area contributed by atoms with E-state index in [0.29, 0.717) is 31.4 Å². The average Bonchev–Trinajstić information content (AvgIpc) is 2.51. The van der Waals surface area contributed by atoms with Crippen molar-refractivity contribution in [1.29, 1.82) is 5.26 Å². The van der Waals surface area contributed by atoms with Crippen molar-refractivity contribution in [3.8, 4) is 6.07 Å². The van der Waals surface area contributed by atoms with Crippen LogP contribution in [0.1, 0.15) is 19.8 Å². The summed E-state index contributed by atoms with van der Waals surface area (Å²) in [6.45, 7) is 4.74. The van der Waals surface area contributed by atoms with E-state index in [9.17, 15) is 18.2 Å². The fourth-order valence-corrected chi connectivity index (χ4v) is 3.57. The number of allylic oxidation sites excluding steroid dienone is 1. The molecule has 1 saturated heterocycles. The summed E-state index contributed by atoms with van der Waals surface area (Å²) < 4.78 is 37.6. The lowest BCUT2D eigenvalue weighted by Gasteiger charge is -2.37. The van der Waals surface area contributed by atoms with E-state index in [1.807, 2.05) is 17.9 Å². The quantitative estimate of drug-likeness (QED) is 0.721. The number of hydrogen-bond donors (Lipinski definition) is 2. The Labute approximate surface area is 131 Å². The highest BCUT2D eigenvalue weighted by atomic mass is 32.2. The number of nitrogens with one attached hydrogen (secondary N) is 1. The van der Waals surface area contributed by atoms with E-state index >= 15 is 0 Å². The molecule has 8 heteroatoms. The van der Waals surface area contributed by atoms with Gasteiger partial charge in [0.25, 0.3) is 10.1 Å². The van der Waals surface area contributed by atoms with Gasteiger partial charge in [0.1, 0.15) is 6.07 Å². The lowest BCUT2D eigenvalue weighted by atomic mass is 9.97. The van der Waals surface area contributed by atoms with Crippen LogP contribution in [0.15, 0.2) is 23.5 Å². The van der Waals surface area contributed by atoms with Crippen LogP contribution < -0.4 is 5.32 Å². The summed E-state index contributed by atoms with van der Waals surface area (Å²) in [6.07, 6.45) is 5.15. The lowest BCUT2D eigenvalue weighted by Crippen LogP contribution is -2.42. The number of nitrogens with zero attached hydrogens (tertiary/aromatic N) is 2. The Bertz CT molecular complexity index is 606. The predicted octanol–water partition coefficient (Wildman–Crippen LogP) is 0.843. The first-order valence-electron chi connectivity index (χ1n) is 7.33. The highest BCUT2D eigenvalue weighted by molar-refractivity contribution is 7.86. The van der Waals surface area contributed by atoms with Crippen molar-refractivity contribution in [2.45, 2.75) is 25.1 Å². The summed E-state index contributed by atoms with van der Waals surface area (Å²) in [4.78, 5) is 2.00. The van der Waals surface area contributed by atoms with Crippen molar-refractivity contribution in [1.82, 2.24) is 10.2 Å². The van der Waals surface area contributed by atoms with Crippen molar-refractivity contribution in [2.24, 2.45) is 5.92 Å². The Morgan fingerprint density at radius 2 is 2.36 bits per heavy atom. The van der Waals surface area contributed by atoms with E-state index < -0.39 is 15.5 Å². The largest absolute Gasteiger partial charge is 0.381 e. The molecule has 122 valence electrons. The Kier molecular flexibility index (Phi) is 5.45. The van der Waals surface area contributed by atoms with Crippen molar-refractivity contribution in [3.05, 3.63) is 23.5 Å². The van der Waals surface area contributed by atoms with Crippen LogP contribution in [0.5, 0.6) is 0 Å². The minimum atomic E-state index is -4.38. The van der Waals surface area contributed by atoms with Gasteiger partial charge in [-0.3, -0.25) is 4.55 Å². The number of rotatable bonds is 5. The molecule has 0 aliphatic carbocycles. The molecule has 0 aromatic rings. The molecule has 2 atom stereocenters. The minimum Gasteiger partial charge on any atom is -0.381 e. The van der Waals surface area contributed by atoms with Gasteiger partial charge in [-0.15, -0.1) is 0 Å². The summed E-state index contributed by atoms with van der Waals surface area (Å²) in [5.74, 6) is 0.355. The van der Waals surface area contributed by atoms with Gasteiger partial charge in [0, 0.05) is 19.7 Å². The smallest absolute Gasteiger partial charge is 0.291 e. The van der Waals surface area contributed by atoms with E-state index in [1.165, 1.54) is 6.20 Å². The van der Waals surface area contributed by atoms with Gasteiger partial charge in [0.15, 0.2) is 5.37 Å². The molecule has 2 heterocycles. The fourth-order valence-electron chi connectivity index (χ4n) is 2.85. The minimum absolute atomic E-state index is 0.0297. The van der Waals surface area contributed by atoms with Crippen LogP contribution in [-0.2, 0) is 14.9 Å². The molecule has 0 aromatic heterocycles. The van der Waals surface area contributed by atoms with Crippen LogP contribution in [0.25, 0.3) is 0 Å². The summed E-state index contributed by atoms with van der Waals surface area (Å²) in [7, 11) is -4.38. The van der Waals surface area contributed by atoms with Crippen molar-refractivity contribution in [3.63, 3.8) is 0 Å². The second-order valence-corrected chi connectivity index (χ2v) is 6.92. The average molecular weight is 327 g/mol. The monoisotopic (exact) mass is 327 g/mol. The first-order chi connectivity index (χ1) is 10.5. The third-order valence-corrected chi connectivity index (χ3v) is 4.83. The molecule has 0 amide bonds. The SMILES string of the molecule is CCOCC1CCCN(C2=C(C#N)C(S(=O)(=O)O)NC=C2)C1. The normalized spacial score (nSPS) is 25.8. The lowest BCUT2D eigenvalue weighted by molar-refractivity contribution is 0.0774. The molecule has 0 aromatic carbocycles. The number of dihydropyridines is 1. The molecule has 2 rings (SSSR count). The Morgan fingerprint density at radius 1 is 1.59 bits per heavy atom. The van der Waals surface area contributed by atoms with Crippen LogP contribution in [0.2, 0.25) is 0 Å². The van der Waals surface area contributed by atoms with Gasteiger partial charge in [-0.25, -0.2) is 0 Å². The van der Waals surface area contributed by atoms with Gasteiger partial charge >= 0.3 is 0 Å². The molecule has 22 heavy (non-hydrogen) atoms. The highest BCUT2D eigenvalue weighted by Gasteiger charge is 2.33. The Balaban J connectivity index is 2.23. The second-order valence-electron chi connectivity index (χ2n) is 5.42. The van der Waals surface area contributed by atoms with Crippen molar-refractivity contribution in [2.75, 3.05) is 26.3 Å². The number of hydrogen-bond acceptors (Lipinski definition) is 6. The predicted molar refractivity (Wildman–Crippen MR) is 81.0 cm³/mol. The highest BCUT2D eigenvalue weighted by Crippen LogP contribution is 2.26. The van der Waals surface area contributed by atoms with Gasteiger partial charge in [-0.1, -0.05) is 0 Å². The summed E-state index contributed by atoms with van der Waals surface area (Å²) in [5.41, 5.74) is 0.590. The number of ether oxygens (including phenoxy) is 1. The summed E-state index contributed by atoms with van der Waals surface area (Å²) in [5, 5.41) is 10.5. The van der Waals surface area contributed by atoms with Crippen LogP contribution in [0.3, 0.4) is 0 Å². The number of likely N-dealkylation sites (tertiary alicyclic amines) is 1. The third kappa shape index (κ3) is 3.80. The molecule has 1 fully saturated rings. The molecule has 0 saturated carbocycles. The molecule has 2 aliphatic rings. The number of nitriles is 1. The van der Waals surface area contributed by atoms with Gasteiger partial charge in [0.05, 0.1) is 17.9 Å². The van der Waals surface area contributed by atoms with E-state index in [2.05, 4.69) is 5.32 Å². The van der Waals surface area contributed by atoms with Gasteiger partial charge in [-0.05, 0) is 38.0 Å². The fraction of sp³-hybridized carbons (Fsp3) is 0.643. The standard InChI is InChI=1S/C14H21N3O4S/c1-2-21-10-11-4-3-7-17(9-11)13-5-6-16-14(12(13)8-15)22(18,19)20/h5-6,11,14,16H,2-4,7,9-10H2,1H3,(H,18,19,20). The maximum atomic E-state index is 11.4. The van der Waals surface area contributed by atoms with Crippen molar-refractivity contribution < 1.29 is 17.7 Å². The summed E-state index contributed by atoms with van der Waals surface area (Å²) >= 11 is 0. The van der Waals surface area contributed by atoms with E-state index in [4.69, 9.17) is 4.74 Å². The molecule has 0 spiro atoms. The molecule has 2 N–H and O–H groups in total. The van der Waals surface area contributed by atoms with E-state index in [0.717, 1.165) is 19.4 Å². The first-order valence-corrected chi connectivity index (χ1v) is 8.83. The third-order valence-electron chi connectivity index (χ3n) is 3.86. The van der Waals surface area contributed by atoms with E-state index in [-0.39, 0.29) is 5.57 Å². The number of piperidine rings is 1. The Morgan fingerprint density at radius 3 is 3.00 bits per heavy atom. The first kappa shape index (κ1) is 16.8. The zero-order chi connectivity index (χ0) is 16.2. The van der Waals surface area contributed by atoms with Crippen molar-refractivity contribution >= 4 is 10.1 Å². The van der Waals surface area contributed by atoms with Gasteiger partial charge < -0.3 is 15.0 Å². The molecule has 2 unspecified atom stereocenters. The molecule has 0 bridgehead atoms. The van der Waals surface area contributed by atoms with Crippen LogP contribution in [0, 0.1) is 17.2 Å². The van der Waals surface area contributed by atoms with E-state index in [1.54, 1.807) is 6.08 Å². The molecule has 0 radical (unpaired) electrons. The van der Waals surface area contributed by atoms with Gasteiger partial charge in [0.2, 0.25) is 0 Å².